The van der Waals surface area contributed by atoms with Crippen LogP contribution >= 0.6 is 11.8 Å². The van der Waals surface area contributed by atoms with Crippen molar-refractivity contribution in [2.24, 2.45) is 0 Å². The van der Waals surface area contributed by atoms with Crippen LogP contribution in [0.3, 0.4) is 0 Å². The molecule has 6 heteroatoms. The van der Waals surface area contributed by atoms with E-state index < -0.39 is 0 Å². The fourth-order valence-electron chi connectivity index (χ4n) is 2.43. The molecule has 0 spiro atoms. The fourth-order valence-corrected chi connectivity index (χ4v) is 3.35. The van der Waals surface area contributed by atoms with Crippen LogP contribution in [0.25, 0.3) is 0 Å². The molecule has 25 heavy (non-hydrogen) atoms. The Morgan fingerprint density at radius 3 is 2.60 bits per heavy atom. The quantitative estimate of drug-likeness (QED) is 0.803. The van der Waals surface area contributed by atoms with Gasteiger partial charge in [0.15, 0.2) is 11.5 Å². The van der Waals surface area contributed by atoms with Crippen molar-refractivity contribution in [3.63, 3.8) is 0 Å². The lowest BCUT2D eigenvalue weighted by molar-refractivity contribution is -0.120. The van der Waals surface area contributed by atoms with Crippen molar-refractivity contribution < 1.29 is 19.0 Å². The molecule has 0 bridgehead atoms. The van der Waals surface area contributed by atoms with Crippen molar-refractivity contribution >= 4 is 17.7 Å². The second-order valence-electron chi connectivity index (χ2n) is 5.63. The zero-order valence-electron chi connectivity index (χ0n) is 14.3. The molecule has 1 aliphatic heterocycles. The number of carbonyl (C=O) groups excluding carboxylic acids is 1. The van der Waals surface area contributed by atoms with Gasteiger partial charge < -0.3 is 19.5 Å². The Balaban J connectivity index is 1.53. The molecule has 1 atom stereocenters. The summed E-state index contributed by atoms with van der Waals surface area (Å²) in [7, 11) is 1.63. The maximum Gasteiger partial charge on any atom is 0.233 e. The van der Waals surface area contributed by atoms with E-state index in [0.29, 0.717) is 19.8 Å². The fraction of sp³-hybridized carbons (Fsp3) is 0.316. The van der Waals surface area contributed by atoms with E-state index in [1.807, 2.05) is 49.4 Å². The first-order valence-corrected chi connectivity index (χ1v) is 9.00. The lowest BCUT2D eigenvalue weighted by Crippen LogP contribution is -2.30. The van der Waals surface area contributed by atoms with Gasteiger partial charge in [-0.3, -0.25) is 4.79 Å². The van der Waals surface area contributed by atoms with Gasteiger partial charge in [0.1, 0.15) is 19.0 Å². The van der Waals surface area contributed by atoms with Gasteiger partial charge in [-0.2, -0.15) is 0 Å². The lowest BCUT2D eigenvalue weighted by atomic mass is 10.2. The molecule has 0 saturated carbocycles. The topological polar surface area (TPSA) is 56.8 Å². The SMILES string of the molecule is COc1ccc(CNC(=O)[C@@H](C)Sc2ccc3c(c2)OCCO3)cc1. The molecule has 3 rings (SSSR count). The van der Waals surface area contributed by atoms with Crippen molar-refractivity contribution in [2.75, 3.05) is 20.3 Å². The predicted octanol–water partition coefficient (Wildman–Crippen LogP) is 3.26. The van der Waals surface area contributed by atoms with Gasteiger partial charge in [-0.1, -0.05) is 12.1 Å². The summed E-state index contributed by atoms with van der Waals surface area (Å²) in [5, 5.41) is 2.75. The third-order valence-electron chi connectivity index (χ3n) is 3.82. The van der Waals surface area contributed by atoms with Crippen molar-refractivity contribution in [1.82, 2.24) is 5.32 Å². The van der Waals surface area contributed by atoms with E-state index in [9.17, 15) is 4.79 Å². The Bertz CT molecular complexity index is 733. The van der Waals surface area contributed by atoms with Crippen LogP contribution in [0, 0.1) is 0 Å². The average Bonchev–Trinajstić information content (AvgIpc) is 2.66. The van der Waals surface area contributed by atoms with Gasteiger partial charge in [-0.15, -0.1) is 11.8 Å². The molecule has 5 nitrogen and oxygen atoms in total. The van der Waals surface area contributed by atoms with Gasteiger partial charge in [-0.05, 0) is 42.8 Å². The molecule has 1 amide bonds. The highest BCUT2D eigenvalue weighted by molar-refractivity contribution is 8.00. The van der Waals surface area contributed by atoms with E-state index in [1.165, 1.54) is 11.8 Å². The number of ether oxygens (including phenoxy) is 3. The van der Waals surface area contributed by atoms with Gasteiger partial charge in [0.2, 0.25) is 5.91 Å². The molecule has 0 unspecified atom stereocenters. The number of thioether (sulfide) groups is 1. The summed E-state index contributed by atoms with van der Waals surface area (Å²) >= 11 is 1.50. The molecule has 0 radical (unpaired) electrons. The summed E-state index contributed by atoms with van der Waals surface area (Å²) in [4.78, 5) is 13.3. The lowest BCUT2D eigenvalue weighted by Gasteiger charge is -2.19. The maximum absolute atomic E-state index is 12.3. The highest BCUT2D eigenvalue weighted by Crippen LogP contribution is 2.35. The van der Waals surface area contributed by atoms with E-state index in [1.54, 1.807) is 7.11 Å². The number of carbonyl (C=O) groups is 1. The third kappa shape index (κ3) is 4.60. The number of methoxy groups -OCH3 is 1. The van der Waals surface area contributed by atoms with E-state index in [2.05, 4.69) is 5.32 Å². The van der Waals surface area contributed by atoms with Crippen molar-refractivity contribution in [3.05, 3.63) is 48.0 Å². The van der Waals surface area contributed by atoms with Crippen molar-refractivity contribution in [3.8, 4) is 17.2 Å². The summed E-state index contributed by atoms with van der Waals surface area (Å²) in [6.45, 7) is 3.52. The summed E-state index contributed by atoms with van der Waals surface area (Å²) in [5.41, 5.74) is 1.03. The van der Waals surface area contributed by atoms with Gasteiger partial charge in [0.05, 0.1) is 12.4 Å². The molecule has 2 aromatic carbocycles. The zero-order valence-corrected chi connectivity index (χ0v) is 15.1. The van der Waals surface area contributed by atoms with Crippen LogP contribution < -0.4 is 19.5 Å². The van der Waals surface area contributed by atoms with E-state index in [-0.39, 0.29) is 11.2 Å². The largest absolute Gasteiger partial charge is 0.497 e. The molecule has 1 N–H and O–H groups in total. The minimum atomic E-state index is -0.208. The highest BCUT2D eigenvalue weighted by Gasteiger charge is 2.17. The minimum absolute atomic E-state index is 0.00397. The van der Waals surface area contributed by atoms with Crippen molar-refractivity contribution in [1.29, 1.82) is 0 Å². The van der Waals surface area contributed by atoms with Gasteiger partial charge in [0, 0.05) is 11.4 Å². The number of amides is 1. The Morgan fingerprint density at radius 1 is 1.16 bits per heavy atom. The van der Waals surface area contributed by atoms with E-state index >= 15 is 0 Å². The molecule has 0 aromatic heterocycles. The number of rotatable bonds is 6. The standard InChI is InChI=1S/C19H21NO4S/c1-13(19(21)20-12-14-3-5-15(22-2)6-4-14)25-16-7-8-17-18(11-16)24-10-9-23-17/h3-8,11,13H,9-10,12H2,1-2H3,(H,20,21)/t13-/m1/s1. The first kappa shape index (κ1) is 17.5. The molecule has 132 valence electrons. The molecule has 0 fully saturated rings. The Hall–Kier alpha value is -2.34. The van der Waals surface area contributed by atoms with E-state index in [0.717, 1.165) is 27.7 Å². The molecule has 0 saturated heterocycles. The highest BCUT2D eigenvalue weighted by atomic mass is 32.2. The number of hydrogen-bond donors (Lipinski definition) is 1. The molecule has 1 heterocycles. The summed E-state index contributed by atoms with van der Waals surface area (Å²) < 4.78 is 16.2. The van der Waals surface area contributed by atoms with Crippen LogP contribution in [0.2, 0.25) is 0 Å². The van der Waals surface area contributed by atoms with Crippen LogP contribution in [-0.2, 0) is 11.3 Å². The normalized spacial score (nSPS) is 13.8. The minimum Gasteiger partial charge on any atom is -0.497 e. The number of hydrogen-bond acceptors (Lipinski definition) is 5. The summed E-state index contributed by atoms with van der Waals surface area (Å²) in [5.74, 6) is 2.29. The first-order valence-electron chi connectivity index (χ1n) is 8.12. The van der Waals surface area contributed by atoms with E-state index in [4.69, 9.17) is 14.2 Å². The average molecular weight is 359 g/mol. The molecule has 2 aromatic rings. The molecular weight excluding hydrogens is 338 g/mol. The Morgan fingerprint density at radius 2 is 1.88 bits per heavy atom. The zero-order chi connectivity index (χ0) is 17.6. The smallest absolute Gasteiger partial charge is 0.233 e. The van der Waals surface area contributed by atoms with Crippen LogP contribution in [0.1, 0.15) is 12.5 Å². The second-order valence-corrected chi connectivity index (χ2v) is 7.05. The van der Waals surface area contributed by atoms with Crippen LogP contribution in [0.4, 0.5) is 0 Å². The summed E-state index contributed by atoms with van der Waals surface area (Å²) in [6, 6.07) is 13.4. The molecular formula is C19H21NO4S. The predicted molar refractivity (Wildman–Crippen MR) is 97.6 cm³/mol. The molecule has 0 aliphatic carbocycles. The maximum atomic E-state index is 12.3. The summed E-state index contributed by atoms with van der Waals surface area (Å²) in [6.07, 6.45) is 0. The van der Waals surface area contributed by atoms with Crippen LogP contribution in [-0.4, -0.2) is 31.5 Å². The second kappa shape index (κ2) is 8.16. The Kier molecular flexibility index (Phi) is 5.71. The van der Waals surface area contributed by atoms with Gasteiger partial charge in [0.25, 0.3) is 0 Å². The first-order chi connectivity index (χ1) is 12.2. The van der Waals surface area contributed by atoms with Crippen molar-refractivity contribution in [2.45, 2.75) is 23.6 Å². The molecule has 1 aliphatic rings. The third-order valence-corrected chi connectivity index (χ3v) is 4.92. The van der Waals surface area contributed by atoms with Gasteiger partial charge >= 0.3 is 0 Å². The van der Waals surface area contributed by atoms with Crippen LogP contribution in [0.5, 0.6) is 17.2 Å². The van der Waals surface area contributed by atoms with Gasteiger partial charge in [-0.25, -0.2) is 0 Å². The number of benzene rings is 2. The monoisotopic (exact) mass is 359 g/mol. The Labute approximate surface area is 151 Å². The van der Waals surface area contributed by atoms with Crippen LogP contribution in [0.15, 0.2) is 47.4 Å². The number of fused-ring (bicyclic) bond motifs is 1. The number of nitrogens with one attached hydrogen (secondary N) is 1.